The molecule has 1 aromatic rings. The maximum atomic E-state index is 12.1. The minimum Gasteiger partial charge on any atom is -0.383 e. The fourth-order valence-corrected chi connectivity index (χ4v) is 2.28. The fourth-order valence-electron chi connectivity index (χ4n) is 2.28. The summed E-state index contributed by atoms with van der Waals surface area (Å²) in [5, 5.41) is 2.89. The summed E-state index contributed by atoms with van der Waals surface area (Å²) < 4.78 is 4.95. The molecular formula is C16H24N2O3. The van der Waals surface area contributed by atoms with Gasteiger partial charge in [-0.2, -0.15) is 0 Å². The number of methoxy groups -OCH3 is 1. The number of nitrogens with zero attached hydrogens (tertiary/aromatic N) is 1. The van der Waals surface area contributed by atoms with Crippen molar-refractivity contribution in [2.75, 3.05) is 32.1 Å². The van der Waals surface area contributed by atoms with Crippen LogP contribution in [0.2, 0.25) is 0 Å². The number of amides is 2. The lowest BCUT2D eigenvalue weighted by Gasteiger charge is -2.21. The Labute approximate surface area is 126 Å². The molecule has 1 rings (SSSR count). The van der Waals surface area contributed by atoms with Gasteiger partial charge in [-0.15, -0.1) is 0 Å². The van der Waals surface area contributed by atoms with Gasteiger partial charge in [-0.25, -0.2) is 0 Å². The summed E-state index contributed by atoms with van der Waals surface area (Å²) in [5.41, 5.74) is 4.02. The zero-order valence-electron chi connectivity index (χ0n) is 13.4. The standard InChI is InChI=1S/C16H24N2O3/c1-11-8-12(2)16(13(3)9-11)17-15(20)10-18(14(4)19)6-7-21-5/h8-9H,6-7,10H2,1-5H3,(H,17,20). The lowest BCUT2D eigenvalue weighted by molar-refractivity contribution is -0.133. The quantitative estimate of drug-likeness (QED) is 0.873. The van der Waals surface area contributed by atoms with Crippen molar-refractivity contribution in [2.24, 2.45) is 0 Å². The SMILES string of the molecule is COCCN(CC(=O)Nc1c(C)cc(C)cc1C)C(C)=O. The number of rotatable bonds is 6. The van der Waals surface area contributed by atoms with E-state index in [1.54, 1.807) is 7.11 Å². The van der Waals surface area contributed by atoms with Crippen LogP contribution in [0.1, 0.15) is 23.6 Å². The second-order valence-electron chi connectivity index (χ2n) is 5.26. The molecule has 0 aliphatic carbocycles. The van der Waals surface area contributed by atoms with Crippen LogP contribution in [-0.4, -0.2) is 43.5 Å². The van der Waals surface area contributed by atoms with E-state index in [-0.39, 0.29) is 18.4 Å². The van der Waals surface area contributed by atoms with E-state index < -0.39 is 0 Å². The molecule has 0 unspecified atom stereocenters. The van der Waals surface area contributed by atoms with Gasteiger partial charge in [0.1, 0.15) is 0 Å². The van der Waals surface area contributed by atoms with Crippen LogP contribution >= 0.6 is 0 Å². The highest BCUT2D eigenvalue weighted by Crippen LogP contribution is 2.21. The number of hydrogen-bond donors (Lipinski definition) is 1. The first kappa shape index (κ1) is 17.2. The largest absolute Gasteiger partial charge is 0.383 e. The average molecular weight is 292 g/mol. The van der Waals surface area contributed by atoms with Crippen LogP contribution in [0, 0.1) is 20.8 Å². The molecule has 0 atom stereocenters. The predicted molar refractivity (Wildman–Crippen MR) is 83.4 cm³/mol. The second kappa shape index (κ2) is 7.78. The van der Waals surface area contributed by atoms with Crippen LogP contribution in [0.5, 0.6) is 0 Å². The normalized spacial score (nSPS) is 10.3. The molecule has 1 N–H and O–H groups in total. The van der Waals surface area contributed by atoms with Crippen LogP contribution in [0.25, 0.3) is 0 Å². The summed E-state index contributed by atoms with van der Waals surface area (Å²) in [4.78, 5) is 25.1. The maximum absolute atomic E-state index is 12.1. The van der Waals surface area contributed by atoms with Gasteiger partial charge in [0.15, 0.2) is 0 Å². The number of nitrogens with one attached hydrogen (secondary N) is 1. The maximum Gasteiger partial charge on any atom is 0.244 e. The third kappa shape index (κ3) is 5.19. The number of hydrogen-bond acceptors (Lipinski definition) is 3. The van der Waals surface area contributed by atoms with Gasteiger partial charge < -0.3 is 15.0 Å². The van der Waals surface area contributed by atoms with Crippen molar-refractivity contribution in [1.82, 2.24) is 4.90 Å². The Morgan fingerprint density at radius 1 is 1.19 bits per heavy atom. The summed E-state index contributed by atoms with van der Waals surface area (Å²) in [7, 11) is 1.57. The van der Waals surface area contributed by atoms with E-state index in [0.717, 1.165) is 22.4 Å². The summed E-state index contributed by atoms with van der Waals surface area (Å²) in [5.74, 6) is -0.337. The van der Waals surface area contributed by atoms with Gasteiger partial charge in [-0.1, -0.05) is 17.7 Å². The minimum absolute atomic E-state index is 0.0332. The number of carbonyl (C=O) groups excluding carboxylic acids is 2. The third-order valence-corrected chi connectivity index (χ3v) is 3.29. The van der Waals surface area contributed by atoms with Gasteiger partial charge in [0, 0.05) is 26.3 Å². The first-order chi connectivity index (χ1) is 9.85. The van der Waals surface area contributed by atoms with Crippen molar-refractivity contribution in [3.63, 3.8) is 0 Å². The Balaban J connectivity index is 2.74. The number of ether oxygens (including phenoxy) is 1. The highest BCUT2D eigenvalue weighted by atomic mass is 16.5. The van der Waals surface area contributed by atoms with Gasteiger partial charge in [-0.3, -0.25) is 9.59 Å². The number of aryl methyl sites for hydroxylation is 3. The summed E-state index contributed by atoms with van der Waals surface area (Å²) in [6.07, 6.45) is 0. The zero-order valence-corrected chi connectivity index (χ0v) is 13.4. The highest BCUT2D eigenvalue weighted by molar-refractivity contribution is 5.95. The topological polar surface area (TPSA) is 58.6 Å². The fraction of sp³-hybridized carbons (Fsp3) is 0.500. The molecule has 1 aromatic carbocycles. The molecule has 0 aliphatic heterocycles. The van der Waals surface area contributed by atoms with Crippen molar-refractivity contribution in [3.05, 3.63) is 28.8 Å². The second-order valence-corrected chi connectivity index (χ2v) is 5.26. The molecule has 5 heteroatoms. The smallest absolute Gasteiger partial charge is 0.244 e. The van der Waals surface area contributed by atoms with Gasteiger partial charge in [0.05, 0.1) is 13.2 Å². The van der Waals surface area contributed by atoms with Crippen LogP contribution in [-0.2, 0) is 14.3 Å². The van der Waals surface area contributed by atoms with E-state index in [9.17, 15) is 9.59 Å². The predicted octanol–water partition coefficient (Wildman–Crippen LogP) is 2.05. The molecule has 0 saturated carbocycles. The van der Waals surface area contributed by atoms with Gasteiger partial charge >= 0.3 is 0 Å². The van der Waals surface area contributed by atoms with Crippen molar-refractivity contribution in [1.29, 1.82) is 0 Å². The Kier molecular flexibility index (Phi) is 6.37. The average Bonchev–Trinajstić information content (AvgIpc) is 2.38. The number of carbonyl (C=O) groups is 2. The monoisotopic (exact) mass is 292 g/mol. The van der Waals surface area contributed by atoms with Crippen molar-refractivity contribution >= 4 is 17.5 Å². The Hall–Kier alpha value is -1.88. The Morgan fingerprint density at radius 2 is 1.76 bits per heavy atom. The van der Waals surface area contributed by atoms with Crippen LogP contribution < -0.4 is 5.32 Å². The summed E-state index contributed by atoms with van der Waals surface area (Å²) in [6.45, 7) is 8.25. The number of anilines is 1. The van der Waals surface area contributed by atoms with Crippen LogP contribution in [0.4, 0.5) is 5.69 Å². The minimum atomic E-state index is -0.198. The molecule has 116 valence electrons. The summed E-state index contributed by atoms with van der Waals surface area (Å²) >= 11 is 0. The molecular weight excluding hydrogens is 268 g/mol. The molecule has 0 radical (unpaired) electrons. The van der Waals surface area contributed by atoms with E-state index in [4.69, 9.17) is 4.74 Å². The van der Waals surface area contributed by atoms with Gasteiger partial charge in [-0.05, 0) is 31.9 Å². The van der Waals surface area contributed by atoms with E-state index in [0.29, 0.717) is 13.2 Å². The molecule has 0 aliphatic rings. The zero-order chi connectivity index (χ0) is 16.0. The van der Waals surface area contributed by atoms with E-state index in [2.05, 4.69) is 5.32 Å². The first-order valence-electron chi connectivity index (χ1n) is 6.97. The van der Waals surface area contributed by atoms with Crippen molar-refractivity contribution in [2.45, 2.75) is 27.7 Å². The molecule has 2 amide bonds. The Morgan fingerprint density at radius 3 is 2.24 bits per heavy atom. The molecule has 0 aromatic heterocycles. The lowest BCUT2D eigenvalue weighted by Crippen LogP contribution is -2.38. The van der Waals surface area contributed by atoms with Crippen LogP contribution in [0.15, 0.2) is 12.1 Å². The molecule has 0 saturated heterocycles. The van der Waals surface area contributed by atoms with E-state index in [1.807, 2.05) is 32.9 Å². The third-order valence-electron chi connectivity index (χ3n) is 3.29. The van der Waals surface area contributed by atoms with Gasteiger partial charge in [0.25, 0.3) is 0 Å². The van der Waals surface area contributed by atoms with Crippen molar-refractivity contribution < 1.29 is 14.3 Å². The highest BCUT2D eigenvalue weighted by Gasteiger charge is 2.15. The number of benzene rings is 1. The first-order valence-corrected chi connectivity index (χ1v) is 6.97. The molecule has 0 heterocycles. The summed E-state index contributed by atoms with van der Waals surface area (Å²) in [6, 6.07) is 4.05. The molecule has 0 spiro atoms. The Bertz CT molecular complexity index is 503. The van der Waals surface area contributed by atoms with E-state index >= 15 is 0 Å². The molecule has 5 nitrogen and oxygen atoms in total. The van der Waals surface area contributed by atoms with Crippen molar-refractivity contribution in [3.8, 4) is 0 Å². The van der Waals surface area contributed by atoms with Crippen LogP contribution in [0.3, 0.4) is 0 Å². The molecule has 0 fully saturated rings. The van der Waals surface area contributed by atoms with Gasteiger partial charge in [0.2, 0.25) is 11.8 Å². The molecule has 21 heavy (non-hydrogen) atoms. The lowest BCUT2D eigenvalue weighted by atomic mass is 10.1. The van der Waals surface area contributed by atoms with E-state index in [1.165, 1.54) is 11.8 Å². The molecule has 0 bridgehead atoms.